The summed E-state index contributed by atoms with van der Waals surface area (Å²) in [4.78, 5) is 7.12. The highest BCUT2D eigenvalue weighted by molar-refractivity contribution is 8.16. The summed E-state index contributed by atoms with van der Waals surface area (Å²) in [5.41, 5.74) is 4.93. The molecule has 2 heterocycles. The molecule has 1 atom stereocenters. The fourth-order valence-corrected chi connectivity index (χ4v) is 3.73. The summed E-state index contributed by atoms with van der Waals surface area (Å²) < 4.78 is 0. The summed E-state index contributed by atoms with van der Waals surface area (Å²) in [5, 5.41) is 3.26. The van der Waals surface area contributed by atoms with Crippen molar-refractivity contribution in [2.75, 3.05) is 0 Å². The normalized spacial score (nSPS) is 20.1. The second-order valence-electron chi connectivity index (χ2n) is 5.01. The van der Waals surface area contributed by atoms with E-state index in [9.17, 15) is 0 Å². The monoisotopic (exact) mass is 278 g/mol. The lowest BCUT2D eigenvalue weighted by atomic mass is 9.94. The lowest BCUT2D eigenvalue weighted by Gasteiger charge is -2.35. The number of aliphatic imine (C=N–C) groups is 1. The molecule has 2 aromatic carbocycles. The van der Waals surface area contributed by atoms with Gasteiger partial charge in [-0.25, -0.2) is 4.99 Å². The maximum absolute atomic E-state index is 4.79. The van der Waals surface area contributed by atoms with E-state index in [4.69, 9.17) is 4.99 Å². The molecule has 3 heteroatoms. The van der Waals surface area contributed by atoms with Gasteiger partial charge in [0.25, 0.3) is 0 Å². The average Bonchev–Trinajstić information content (AvgIpc) is 2.87. The van der Waals surface area contributed by atoms with Crippen molar-refractivity contribution < 1.29 is 0 Å². The first kappa shape index (κ1) is 11.8. The van der Waals surface area contributed by atoms with Crippen LogP contribution in [0.5, 0.6) is 0 Å². The minimum Gasteiger partial charge on any atom is -0.312 e. The summed E-state index contributed by atoms with van der Waals surface area (Å²) in [7, 11) is 0. The largest absolute Gasteiger partial charge is 0.312 e. The third-order valence-corrected chi connectivity index (χ3v) is 4.70. The number of rotatable bonds is 1. The number of para-hydroxylation sites is 1. The third kappa shape index (κ3) is 1.70. The van der Waals surface area contributed by atoms with E-state index in [0.717, 1.165) is 10.9 Å². The zero-order valence-electron chi connectivity index (χ0n) is 11.2. The van der Waals surface area contributed by atoms with Crippen LogP contribution >= 0.6 is 11.8 Å². The maximum atomic E-state index is 4.79. The first-order chi connectivity index (χ1) is 9.84. The summed E-state index contributed by atoms with van der Waals surface area (Å²) in [6.07, 6.45) is 0. The van der Waals surface area contributed by atoms with Crippen molar-refractivity contribution >= 4 is 22.6 Å². The smallest absolute Gasteiger partial charge is 0.173 e. The van der Waals surface area contributed by atoms with Gasteiger partial charge in [0.2, 0.25) is 0 Å². The second-order valence-corrected chi connectivity index (χ2v) is 5.85. The van der Waals surface area contributed by atoms with Crippen LogP contribution in [0.15, 0.2) is 70.7 Å². The number of allylic oxidation sites excluding steroid dienone is 1. The van der Waals surface area contributed by atoms with Gasteiger partial charge in [0, 0.05) is 11.3 Å². The lowest BCUT2D eigenvalue weighted by molar-refractivity contribution is 0.442. The quantitative estimate of drug-likeness (QED) is 0.752. The van der Waals surface area contributed by atoms with E-state index in [0.29, 0.717) is 0 Å². The van der Waals surface area contributed by atoms with Crippen LogP contribution < -0.4 is 0 Å². The fourth-order valence-electron chi connectivity index (χ4n) is 2.82. The molecule has 2 aliphatic heterocycles. The van der Waals surface area contributed by atoms with Crippen molar-refractivity contribution in [3.63, 3.8) is 0 Å². The Kier molecular flexibility index (Phi) is 2.67. The van der Waals surface area contributed by atoms with E-state index in [1.165, 1.54) is 16.8 Å². The van der Waals surface area contributed by atoms with Gasteiger partial charge in [0.05, 0.1) is 11.7 Å². The van der Waals surface area contributed by atoms with Gasteiger partial charge in [-0.2, -0.15) is 0 Å². The average molecular weight is 278 g/mol. The number of thioether (sulfide) groups is 1. The molecule has 0 N–H and O–H groups in total. The lowest BCUT2D eigenvalue weighted by Crippen LogP contribution is -2.31. The Hall–Kier alpha value is -2.00. The molecule has 0 amide bonds. The zero-order chi connectivity index (χ0) is 13.5. The number of benzene rings is 2. The van der Waals surface area contributed by atoms with Gasteiger partial charge in [-0.1, -0.05) is 60.3 Å². The molecule has 2 aliphatic rings. The zero-order valence-corrected chi connectivity index (χ0v) is 12.0. The molecule has 98 valence electrons. The number of hydrogen-bond donors (Lipinski definition) is 0. The van der Waals surface area contributed by atoms with Crippen LogP contribution in [0.2, 0.25) is 0 Å². The van der Waals surface area contributed by atoms with Crippen molar-refractivity contribution in [2.45, 2.75) is 13.0 Å². The first-order valence-electron chi connectivity index (χ1n) is 6.70. The van der Waals surface area contributed by atoms with E-state index in [1.54, 1.807) is 11.8 Å². The Bertz CT molecular complexity index is 719. The molecule has 2 aromatic rings. The fraction of sp³-hybridized carbons (Fsp3) is 0.118. The molecule has 0 saturated heterocycles. The van der Waals surface area contributed by atoms with Crippen molar-refractivity contribution in [2.24, 2.45) is 4.99 Å². The molecule has 20 heavy (non-hydrogen) atoms. The highest BCUT2D eigenvalue weighted by Crippen LogP contribution is 2.45. The molecule has 0 aromatic heterocycles. The van der Waals surface area contributed by atoms with Gasteiger partial charge in [-0.15, -0.1) is 0 Å². The van der Waals surface area contributed by atoms with Crippen molar-refractivity contribution in [1.82, 2.24) is 4.90 Å². The van der Waals surface area contributed by atoms with Crippen molar-refractivity contribution in [1.29, 1.82) is 0 Å². The molecule has 0 radical (unpaired) electrons. The molecular weight excluding hydrogens is 264 g/mol. The minimum atomic E-state index is 0.228. The number of nitrogens with zero attached hydrogens (tertiary/aromatic N) is 2. The summed E-state index contributed by atoms with van der Waals surface area (Å²) in [6, 6.07) is 19.3. The Balaban J connectivity index is 1.94. The number of amidine groups is 1. The molecule has 0 unspecified atom stereocenters. The minimum absolute atomic E-state index is 0.228. The van der Waals surface area contributed by atoms with Crippen LogP contribution in [0.1, 0.15) is 24.1 Å². The Labute approximate surface area is 122 Å². The molecule has 4 rings (SSSR count). The Morgan fingerprint density at radius 2 is 1.75 bits per heavy atom. The maximum Gasteiger partial charge on any atom is 0.173 e. The van der Waals surface area contributed by atoms with Crippen molar-refractivity contribution in [3.05, 3.63) is 76.8 Å². The standard InChI is InChI=1S/C17H14N2S/c1-12-11-20-17-18-15-10-6-5-9-14(15)16(19(12)17)13-7-3-2-4-8-13/h2-11,16H,1H3/t16-/m0/s1. The Morgan fingerprint density at radius 3 is 2.60 bits per heavy atom. The Morgan fingerprint density at radius 1 is 1.00 bits per heavy atom. The van der Waals surface area contributed by atoms with Crippen LogP contribution in [-0.4, -0.2) is 10.1 Å². The van der Waals surface area contributed by atoms with Crippen LogP contribution in [0.25, 0.3) is 0 Å². The molecule has 0 fully saturated rings. The molecular formula is C17H14N2S. The summed E-state index contributed by atoms with van der Waals surface area (Å²) in [6.45, 7) is 2.15. The number of hydrogen-bond acceptors (Lipinski definition) is 3. The molecule has 0 bridgehead atoms. The van der Waals surface area contributed by atoms with E-state index in [2.05, 4.69) is 71.8 Å². The molecule has 0 spiro atoms. The molecule has 0 aliphatic carbocycles. The third-order valence-electron chi connectivity index (χ3n) is 3.74. The second kappa shape index (κ2) is 4.53. The van der Waals surface area contributed by atoms with E-state index < -0.39 is 0 Å². The predicted octanol–water partition coefficient (Wildman–Crippen LogP) is 4.69. The van der Waals surface area contributed by atoms with Gasteiger partial charge in [-0.3, -0.25) is 0 Å². The van der Waals surface area contributed by atoms with Crippen molar-refractivity contribution in [3.8, 4) is 0 Å². The number of fused-ring (bicyclic) bond motifs is 2. The van der Waals surface area contributed by atoms with Crippen LogP contribution in [-0.2, 0) is 0 Å². The predicted molar refractivity (Wildman–Crippen MR) is 85.0 cm³/mol. The van der Waals surface area contributed by atoms with Crippen LogP contribution in [0.4, 0.5) is 5.69 Å². The van der Waals surface area contributed by atoms with Gasteiger partial charge < -0.3 is 4.90 Å². The molecule has 0 saturated carbocycles. The van der Waals surface area contributed by atoms with Gasteiger partial charge in [0.15, 0.2) is 5.17 Å². The van der Waals surface area contributed by atoms with Gasteiger partial charge in [0.1, 0.15) is 0 Å². The van der Waals surface area contributed by atoms with Crippen LogP contribution in [0, 0.1) is 0 Å². The first-order valence-corrected chi connectivity index (χ1v) is 7.58. The van der Waals surface area contributed by atoms with E-state index in [-0.39, 0.29) is 6.04 Å². The SMILES string of the molecule is CC1=CSC2=Nc3ccccc3[C@H](c3ccccc3)N12. The van der Waals surface area contributed by atoms with E-state index in [1.807, 2.05) is 0 Å². The summed E-state index contributed by atoms with van der Waals surface area (Å²) in [5.74, 6) is 0. The highest BCUT2D eigenvalue weighted by atomic mass is 32.2. The summed E-state index contributed by atoms with van der Waals surface area (Å²) >= 11 is 1.71. The van der Waals surface area contributed by atoms with Crippen LogP contribution in [0.3, 0.4) is 0 Å². The van der Waals surface area contributed by atoms with Gasteiger partial charge >= 0.3 is 0 Å². The van der Waals surface area contributed by atoms with Gasteiger partial charge in [-0.05, 0) is 24.0 Å². The highest BCUT2D eigenvalue weighted by Gasteiger charge is 2.34. The molecule has 2 nitrogen and oxygen atoms in total. The topological polar surface area (TPSA) is 15.6 Å². The van der Waals surface area contributed by atoms with E-state index >= 15 is 0 Å².